The Kier molecular flexibility index (Phi) is 8.44. The third-order valence-corrected chi connectivity index (χ3v) is 9.67. The summed E-state index contributed by atoms with van der Waals surface area (Å²) >= 11 is 4.29. The Morgan fingerprint density at radius 3 is 2.37 bits per heavy atom. The molecule has 0 aliphatic heterocycles. The van der Waals surface area contributed by atoms with Crippen molar-refractivity contribution in [2.45, 2.75) is 32.9 Å². The molecule has 1 amide bonds. The van der Waals surface area contributed by atoms with Crippen LogP contribution in [-0.4, -0.2) is 39.5 Å². The van der Waals surface area contributed by atoms with Crippen LogP contribution in [0.2, 0.25) is 0 Å². The Balaban J connectivity index is 1.34. The van der Waals surface area contributed by atoms with Gasteiger partial charge >= 0.3 is 5.97 Å². The zero-order chi connectivity index (χ0) is 29.3. The van der Waals surface area contributed by atoms with Gasteiger partial charge in [0, 0.05) is 39.4 Å². The number of thiophene rings is 2. The number of methoxy groups -OCH3 is 1. The van der Waals surface area contributed by atoms with Crippen molar-refractivity contribution in [1.82, 2.24) is 14.8 Å². The molecule has 0 aliphatic carbocycles. The lowest BCUT2D eigenvalue weighted by molar-refractivity contribution is -0.113. The maximum Gasteiger partial charge on any atom is 0.341 e. The molecule has 5 rings (SSSR count). The number of thioether (sulfide) groups is 1. The van der Waals surface area contributed by atoms with Crippen LogP contribution in [0.1, 0.15) is 31.9 Å². The molecule has 3 aromatic heterocycles. The predicted molar refractivity (Wildman–Crippen MR) is 169 cm³/mol. The largest absolute Gasteiger partial charge is 0.465 e. The Morgan fingerprint density at radius 2 is 1.63 bits per heavy atom. The van der Waals surface area contributed by atoms with E-state index in [1.807, 2.05) is 49.0 Å². The Hall–Kier alpha value is -3.73. The number of carbonyl (C=O) groups is 2. The van der Waals surface area contributed by atoms with E-state index in [-0.39, 0.29) is 11.7 Å². The quantitative estimate of drug-likeness (QED) is 0.145. The number of aromatic nitrogens is 3. The van der Waals surface area contributed by atoms with Crippen LogP contribution in [-0.2, 0) is 16.6 Å². The molecule has 0 atom stereocenters. The molecule has 0 spiro atoms. The molecule has 10 heteroatoms. The highest BCUT2D eigenvalue weighted by Crippen LogP contribution is 2.40. The summed E-state index contributed by atoms with van der Waals surface area (Å²) in [5.41, 5.74) is 8.69. The second-order valence-corrected chi connectivity index (χ2v) is 12.7. The number of nitrogens with zero attached hydrogens (tertiary/aromatic N) is 3. The van der Waals surface area contributed by atoms with Crippen LogP contribution in [0.3, 0.4) is 0 Å². The Morgan fingerprint density at radius 1 is 0.927 bits per heavy atom. The van der Waals surface area contributed by atoms with Crippen molar-refractivity contribution >= 4 is 51.3 Å². The molecule has 0 saturated carbocycles. The van der Waals surface area contributed by atoms with E-state index in [0.29, 0.717) is 15.7 Å². The van der Waals surface area contributed by atoms with Crippen molar-refractivity contribution in [2.75, 3.05) is 18.2 Å². The van der Waals surface area contributed by atoms with Crippen LogP contribution < -0.4 is 5.32 Å². The van der Waals surface area contributed by atoms with E-state index in [2.05, 4.69) is 59.0 Å². The van der Waals surface area contributed by atoms with Crippen molar-refractivity contribution in [3.8, 4) is 33.6 Å². The number of rotatable bonds is 8. The van der Waals surface area contributed by atoms with Crippen LogP contribution in [0, 0.1) is 27.7 Å². The minimum absolute atomic E-state index is 0.108. The van der Waals surface area contributed by atoms with Crippen LogP contribution in [0.5, 0.6) is 0 Å². The van der Waals surface area contributed by atoms with E-state index in [1.54, 1.807) is 11.3 Å². The number of anilines is 1. The molecule has 3 heterocycles. The number of carbonyl (C=O) groups excluding carboxylic acids is 2. The van der Waals surface area contributed by atoms with Gasteiger partial charge in [-0.3, -0.25) is 4.79 Å². The van der Waals surface area contributed by atoms with Crippen LogP contribution in [0.4, 0.5) is 5.00 Å². The van der Waals surface area contributed by atoms with Gasteiger partial charge in [0.2, 0.25) is 5.91 Å². The van der Waals surface area contributed by atoms with Crippen molar-refractivity contribution < 1.29 is 14.3 Å². The SMILES string of the molecule is COC(=O)c1c(-c2cc(C)ccc2C)csc1NC(=O)CSc1nnc(-c2csc(C)c2-c2ccc(C)cc2)n1C. The molecule has 5 aromatic rings. The van der Waals surface area contributed by atoms with Crippen molar-refractivity contribution in [3.63, 3.8) is 0 Å². The van der Waals surface area contributed by atoms with E-state index in [1.165, 1.54) is 40.6 Å². The number of aryl methyl sites for hydroxylation is 4. The highest BCUT2D eigenvalue weighted by molar-refractivity contribution is 7.99. The Labute approximate surface area is 251 Å². The van der Waals surface area contributed by atoms with Crippen molar-refractivity contribution in [3.05, 3.63) is 80.4 Å². The zero-order valence-corrected chi connectivity index (χ0v) is 26.1. The van der Waals surface area contributed by atoms with Gasteiger partial charge in [0.25, 0.3) is 0 Å². The molecular weight excluding hydrogens is 573 g/mol. The minimum Gasteiger partial charge on any atom is -0.465 e. The fourth-order valence-electron chi connectivity index (χ4n) is 4.65. The van der Waals surface area contributed by atoms with E-state index >= 15 is 0 Å². The first-order chi connectivity index (χ1) is 19.7. The van der Waals surface area contributed by atoms with Gasteiger partial charge in [-0.15, -0.1) is 32.9 Å². The lowest BCUT2D eigenvalue weighted by atomic mass is 9.97. The topological polar surface area (TPSA) is 86.1 Å². The molecule has 0 saturated heterocycles. The van der Waals surface area contributed by atoms with Crippen LogP contribution in [0.25, 0.3) is 33.6 Å². The first kappa shape index (κ1) is 28.8. The minimum atomic E-state index is -0.488. The van der Waals surface area contributed by atoms with Crippen LogP contribution >= 0.6 is 34.4 Å². The molecule has 0 aliphatic rings. The van der Waals surface area contributed by atoms with Gasteiger partial charge in [-0.1, -0.05) is 65.4 Å². The standard InChI is InChI=1S/C31H30N4O3S3/c1-17-8-11-21(12-9-17)26-20(4)39-15-24(26)28-33-34-31(35(28)5)41-16-25(36)32-29-27(30(37)38-6)23(14-40-29)22-13-18(2)7-10-19(22)3/h7-15H,16H2,1-6H3,(H,32,36). The predicted octanol–water partition coefficient (Wildman–Crippen LogP) is 7.69. The molecule has 2 aromatic carbocycles. The third kappa shape index (κ3) is 5.86. The number of hydrogen-bond acceptors (Lipinski definition) is 8. The maximum absolute atomic E-state index is 13.0. The monoisotopic (exact) mass is 602 g/mol. The summed E-state index contributed by atoms with van der Waals surface area (Å²) < 4.78 is 7.00. The number of nitrogens with one attached hydrogen (secondary N) is 1. The fraction of sp³-hybridized carbons (Fsp3) is 0.226. The first-order valence-corrected chi connectivity index (χ1v) is 15.7. The highest BCUT2D eigenvalue weighted by atomic mass is 32.2. The average Bonchev–Trinajstić information content (AvgIpc) is 3.65. The van der Waals surface area contributed by atoms with E-state index < -0.39 is 5.97 Å². The van der Waals surface area contributed by atoms with E-state index in [0.717, 1.165) is 44.8 Å². The molecule has 0 fully saturated rings. The van der Waals surface area contributed by atoms with Crippen molar-refractivity contribution in [1.29, 1.82) is 0 Å². The summed E-state index contributed by atoms with van der Waals surface area (Å²) in [4.78, 5) is 27.0. The summed E-state index contributed by atoms with van der Waals surface area (Å²) in [6.07, 6.45) is 0. The maximum atomic E-state index is 13.0. The number of hydrogen-bond donors (Lipinski definition) is 1. The lowest BCUT2D eigenvalue weighted by Crippen LogP contribution is -2.16. The van der Waals surface area contributed by atoms with Gasteiger partial charge in [-0.25, -0.2) is 4.79 Å². The molecule has 41 heavy (non-hydrogen) atoms. The summed E-state index contributed by atoms with van der Waals surface area (Å²) in [6, 6.07) is 14.6. The fourth-order valence-corrected chi connectivity index (χ4v) is 7.18. The highest BCUT2D eigenvalue weighted by Gasteiger charge is 2.24. The number of amides is 1. The van der Waals surface area contributed by atoms with Gasteiger partial charge in [0.1, 0.15) is 10.6 Å². The van der Waals surface area contributed by atoms with Gasteiger partial charge in [-0.2, -0.15) is 0 Å². The molecule has 0 unspecified atom stereocenters. The number of ether oxygens (including phenoxy) is 1. The smallest absolute Gasteiger partial charge is 0.341 e. The molecule has 0 bridgehead atoms. The molecule has 1 N–H and O–H groups in total. The number of esters is 1. The van der Waals surface area contributed by atoms with Gasteiger partial charge in [-0.05, 0) is 44.4 Å². The zero-order valence-electron chi connectivity index (χ0n) is 23.7. The van der Waals surface area contributed by atoms with Crippen LogP contribution in [0.15, 0.2) is 58.4 Å². The van der Waals surface area contributed by atoms with E-state index in [9.17, 15) is 9.59 Å². The average molecular weight is 603 g/mol. The summed E-state index contributed by atoms with van der Waals surface area (Å²) in [5, 5.41) is 16.9. The molecule has 210 valence electrons. The molecule has 0 radical (unpaired) electrons. The van der Waals surface area contributed by atoms with Gasteiger partial charge in [0.15, 0.2) is 11.0 Å². The van der Waals surface area contributed by atoms with Crippen molar-refractivity contribution in [2.24, 2.45) is 7.05 Å². The normalized spacial score (nSPS) is 11.1. The second kappa shape index (κ2) is 12.0. The van der Waals surface area contributed by atoms with E-state index in [4.69, 9.17) is 4.74 Å². The molecule has 7 nitrogen and oxygen atoms in total. The third-order valence-electron chi connectivity index (χ3n) is 6.84. The Bertz CT molecular complexity index is 1750. The summed E-state index contributed by atoms with van der Waals surface area (Å²) in [6.45, 7) is 8.19. The second-order valence-electron chi connectivity index (χ2n) is 9.81. The summed E-state index contributed by atoms with van der Waals surface area (Å²) in [5.74, 6) is 0.123. The summed E-state index contributed by atoms with van der Waals surface area (Å²) in [7, 11) is 3.26. The lowest BCUT2D eigenvalue weighted by Gasteiger charge is -2.10. The number of benzene rings is 2. The molecular formula is C31H30N4O3S3. The van der Waals surface area contributed by atoms with Gasteiger partial charge < -0.3 is 14.6 Å². The first-order valence-electron chi connectivity index (χ1n) is 12.9. The van der Waals surface area contributed by atoms with Gasteiger partial charge in [0.05, 0.1) is 12.9 Å².